The van der Waals surface area contributed by atoms with Crippen molar-refractivity contribution >= 4 is 11.6 Å². The second kappa shape index (κ2) is 8.85. The van der Waals surface area contributed by atoms with Crippen molar-refractivity contribution in [3.8, 4) is 0 Å². The lowest BCUT2D eigenvalue weighted by atomic mass is 9.90. The van der Waals surface area contributed by atoms with Crippen LogP contribution in [0.15, 0.2) is 24.5 Å². The number of carbonyl (C=O) groups excluding carboxylic acids is 1. The Balaban J connectivity index is 1.40. The van der Waals surface area contributed by atoms with E-state index in [1.807, 2.05) is 24.3 Å². The standard InChI is InChI=1S/C21H34N4O/c1-17-16-19(9-13-23(17)2)21(26)24(3)12-6-18-7-14-25(15-8-18)20-4-10-22-11-5-20/h4-5,10-11,17-19H,6-9,12-16H2,1-3H3/t17-,19-/m0/s1. The number of nitrogens with zero attached hydrogens (tertiary/aromatic N) is 4. The number of pyridine rings is 1. The van der Waals surface area contributed by atoms with Crippen molar-refractivity contribution in [3.63, 3.8) is 0 Å². The van der Waals surface area contributed by atoms with Crippen molar-refractivity contribution in [2.24, 2.45) is 11.8 Å². The van der Waals surface area contributed by atoms with Crippen LogP contribution in [0.25, 0.3) is 0 Å². The maximum Gasteiger partial charge on any atom is 0.225 e. The summed E-state index contributed by atoms with van der Waals surface area (Å²) in [6, 6.07) is 4.70. The molecule has 1 aromatic rings. The molecule has 3 heterocycles. The third kappa shape index (κ3) is 4.76. The number of carbonyl (C=O) groups is 1. The van der Waals surface area contributed by atoms with E-state index in [0.29, 0.717) is 11.9 Å². The topological polar surface area (TPSA) is 39.7 Å². The Bertz CT molecular complexity index is 571. The van der Waals surface area contributed by atoms with Crippen LogP contribution in [0.5, 0.6) is 0 Å². The molecule has 5 nitrogen and oxygen atoms in total. The van der Waals surface area contributed by atoms with Crippen molar-refractivity contribution in [3.05, 3.63) is 24.5 Å². The average Bonchev–Trinajstić information content (AvgIpc) is 2.68. The smallest absolute Gasteiger partial charge is 0.225 e. The van der Waals surface area contributed by atoms with Crippen LogP contribution in [0.2, 0.25) is 0 Å². The van der Waals surface area contributed by atoms with E-state index in [1.54, 1.807) is 0 Å². The zero-order valence-corrected chi connectivity index (χ0v) is 16.6. The quantitative estimate of drug-likeness (QED) is 0.811. The lowest BCUT2D eigenvalue weighted by Gasteiger charge is -2.37. The summed E-state index contributed by atoms with van der Waals surface area (Å²) in [6.45, 7) is 6.39. The molecular formula is C21H34N4O. The Morgan fingerprint density at radius 3 is 2.54 bits per heavy atom. The van der Waals surface area contributed by atoms with Crippen LogP contribution in [-0.2, 0) is 4.79 Å². The first-order valence-corrected chi connectivity index (χ1v) is 10.1. The van der Waals surface area contributed by atoms with E-state index in [2.05, 4.69) is 40.9 Å². The fourth-order valence-corrected chi connectivity index (χ4v) is 4.35. The van der Waals surface area contributed by atoms with E-state index in [-0.39, 0.29) is 5.92 Å². The van der Waals surface area contributed by atoms with E-state index in [0.717, 1.165) is 51.4 Å². The van der Waals surface area contributed by atoms with Crippen LogP contribution in [0.4, 0.5) is 5.69 Å². The first-order chi connectivity index (χ1) is 12.5. The van der Waals surface area contributed by atoms with Gasteiger partial charge >= 0.3 is 0 Å². The minimum atomic E-state index is 0.222. The van der Waals surface area contributed by atoms with Gasteiger partial charge in [0.2, 0.25) is 5.91 Å². The predicted octanol–water partition coefficient (Wildman–Crippen LogP) is 2.88. The van der Waals surface area contributed by atoms with E-state index >= 15 is 0 Å². The van der Waals surface area contributed by atoms with Gasteiger partial charge in [0, 0.05) is 56.7 Å². The number of likely N-dealkylation sites (tertiary alicyclic amines) is 1. The molecule has 0 radical (unpaired) electrons. The lowest BCUT2D eigenvalue weighted by Crippen LogP contribution is -2.44. The molecule has 0 bridgehead atoms. The minimum Gasteiger partial charge on any atom is -0.371 e. The van der Waals surface area contributed by atoms with Gasteiger partial charge in [-0.15, -0.1) is 0 Å². The number of amides is 1. The summed E-state index contributed by atoms with van der Waals surface area (Å²) < 4.78 is 0. The first-order valence-electron chi connectivity index (χ1n) is 10.1. The van der Waals surface area contributed by atoms with Crippen molar-refractivity contribution in [1.82, 2.24) is 14.8 Å². The summed E-state index contributed by atoms with van der Waals surface area (Å²) in [7, 11) is 4.16. The second-order valence-electron chi connectivity index (χ2n) is 8.24. The lowest BCUT2D eigenvalue weighted by molar-refractivity contribution is -0.136. The molecule has 2 saturated heterocycles. The summed E-state index contributed by atoms with van der Waals surface area (Å²) in [5.74, 6) is 1.32. The maximum absolute atomic E-state index is 12.8. The second-order valence-corrected chi connectivity index (χ2v) is 8.24. The fourth-order valence-electron chi connectivity index (χ4n) is 4.35. The Hall–Kier alpha value is -1.62. The molecule has 2 fully saturated rings. The molecule has 3 rings (SSSR count). The third-order valence-corrected chi connectivity index (χ3v) is 6.45. The van der Waals surface area contributed by atoms with Crippen molar-refractivity contribution < 1.29 is 4.79 Å². The molecule has 0 saturated carbocycles. The number of anilines is 1. The number of aromatic nitrogens is 1. The Morgan fingerprint density at radius 2 is 1.88 bits per heavy atom. The molecule has 0 unspecified atom stereocenters. The summed E-state index contributed by atoms with van der Waals surface area (Å²) in [4.78, 5) is 23.7. The Labute approximate surface area is 158 Å². The highest BCUT2D eigenvalue weighted by molar-refractivity contribution is 5.78. The van der Waals surface area contributed by atoms with Crippen LogP contribution < -0.4 is 4.90 Å². The van der Waals surface area contributed by atoms with E-state index in [9.17, 15) is 4.79 Å². The van der Waals surface area contributed by atoms with Gasteiger partial charge in [-0.3, -0.25) is 9.78 Å². The molecule has 0 aromatic carbocycles. The number of rotatable bonds is 5. The highest BCUT2D eigenvalue weighted by Crippen LogP contribution is 2.26. The highest BCUT2D eigenvalue weighted by Gasteiger charge is 2.30. The van der Waals surface area contributed by atoms with Gasteiger partial charge in [0.15, 0.2) is 0 Å². The number of piperidine rings is 2. The van der Waals surface area contributed by atoms with E-state index < -0.39 is 0 Å². The number of hydrogen-bond donors (Lipinski definition) is 0. The molecule has 144 valence electrons. The monoisotopic (exact) mass is 358 g/mol. The molecule has 26 heavy (non-hydrogen) atoms. The molecule has 2 aliphatic rings. The number of hydrogen-bond acceptors (Lipinski definition) is 4. The van der Waals surface area contributed by atoms with Crippen molar-refractivity contribution in [2.75, 3.05) is 45.2 Å². The summed E-state index contributed by atoms with van der Waals surface area (Å²) >= 11 is 0. The minimum absolute atomic E-state index is 0.222. The van der Waals surface area contributed by atoms with Crippen molar-refractivity contribution in [2.45, 2.75) is 45.1 Å². The van der Waals surface area contributed by atoms with E-state index in [4.69, 9.17) is 0 Å². The zero-order valence-electron chi connectivity index (χ0n) is 16.6. The van der Waals surface area contributed by atoms with E-state index in [1.165, 1.54) is 18.5 Å². The van der Waals surface area contributed by atoms with Crippen molar-refractivity contribution in [1.29, 1.82) is 0 Å². The van der Waals surface area contributed by atoms with Crippen LogP contribution in [0, 0.1) is 11.8 Å². The molecule has 0 N–H and O–H groups in total. The molecule has 2 aliphatic heterocycles. The Morgan fingerprint density at radius 1 is 1.19 bits per heavy atom. The SMILES string of the molecule is C[C@H]1C[C@@H](C(=O)N(C)CCC2CCN(c3ccncc3)CC2)CCN1C. The maximum atomic E-state index is 12.8. The molecule has 0 aliphatic carbocycles. The molecular weight excluding hydrogens is 324 g/mol. The molecule has 1 aromatic heterocycles. The van der Waals surface area contributed by atoms with Gasteiger partial charge in [-0.05, 0) is 70.7 Å². The molecule has 0 spiro atoms. The van der Waals surface area contributed by atoms with Gasteiger partial charge in [0.25, 0.3) is 0 Å². The van der Waals surface area contributed by atoms with Gasteiger partial charge in [0.1, 0.15) is 0 Å². The highest BCUT2D eigenvalue weighted by atomic mass is 16.2. The van der Waals surface area contributed by atoms with Gasteiger partial charge in [-0.2, -0.15) is 0 Å². The fraction of sp³-hybridized carbons (Fsp3) is 0.714. The van der Waals surface area contributed by atoms with Crippen LogP contribution in [0.3, 0.4) is 0 Å². The van der Waals surface area contributed by atoms with Gasteiger partial charge in [-0.25, -0.2) is 0 Å². The van der Waals surface area contributed by atoms with Crippen LogP contribution in [-0.4, -0.2) is 67.0 Å². The van der Waals surface area contributed by atoms with Gasteiger partial charge in [-0.1, -0.05) is 0 Å². The average molecular weight is 359 g/mol. The molecule has 2 atom stereocenters. The molecule has 1 amide bonds. The summed E-state index contributed by atoms with van der Waals surface area (Å²) in [5, 5.41) is 0. The first kappa shape index (κ1) is 19.2. The van der Waals surface area contributed by atoms with Crippen LogP contribution >= 0.6 is 0 Å². The Kier molecular flexibility index (Phi) is 6.52. The normalized spacial score (nSPS) is 25.3. The van der Waals surface area contributed by atoms with Crippen LogP contribution in [0.1, 0.15) is 39.0 Å². The molecule has 5 heteroatoms. The van der Waals surface area contributed by atoms with Gasteiger partial charge < -0.3 is 14.7 Å². The van der Waals surface area contributed by atoms with Gasteiger partial charge in [0.05, 0.1) is 0 Å². The summed E-state index contributed by atoms with van der Waals surface area (Å²) in [5.41, 5.74) is 1.28. The third-order valence-electron chi connectivity index (χ3n) is 6.45. The summed E-state index contributed by atoms with van der Waals surface area (Å²) in [6.07, 6.45) is 9.32. The predicted molar refractivity (Wildman–Crippen MR) is 106 cm³/mol. The largest absolute Gasteiger partial charge is 0.371 e. The zero-order chi connectivity index (χ0) is 18.5.